The van der Waals surface area contributed by atoms with Gasteiger partial charge in [0.05, 0.1) is 6.07 Å². The number of alkyl halides is 1. The molecule has 1 unspecified atom stereocenters. The van der Waals surface area contributed by atoms with Gasteiger partial charge in [-0.25, -0.2) is 0 Å². The van der Waals surface area contributed by atoms with Gasteiger partial charge in [0, 0.05) is 7.05 Å². The van der Waals surface area contributed by atoms with E-state index >= 15 is 0 Å². The highest BCUT2D eigenvalue weighted by atomic mass is 35.5. The van der Waals surface area contributed by atoms with Crippen molar-refractivity contribution < 1.29 is 4.79 Å². The first-order valence-corrected chi connectivity index (χ1v) is 6.19. The van der Waals surface area contributed by atoms with Crippen LogP contribution in [0.15, 0.2) is 0 Å². The lowest BCUT2D eigenvalue weighted by molar-refractivity contribution is -0.134. The van der Waals surface area contributed by atoms with Crippen molar-refractivity contribution in [1.29, 1.82) is 5.26 Å². The molecule has 0 aromatic heterocycles. The number of carbonyl (C=O) groups is 1. The van der Waals surface area contributed by atoms with Gasteiger partial charge >= 0.3 is 0 Å². The second-order valence-corrected chi connectivity index (χ2v) is 5.49. The Morgan fingerprint density at radius 3 is 2.44 bits per heavy atom. The van der Waals surface area contributed by atoms with Gasteiger partial charge in [-0.1, -0.05) is 6.92 Å². The standard InChI is InChI=1S/C12H19ClN2O/c1-9-4-6-12(8-14,7-5-9)15(3)11(16)10(2)13/h9-10H,4-7H2,1-3H3. The Bertz CT molecular complexity index is 301. The molecule has 1 amide bonds. The molecule has 90 valence electrons. The van der Waals surface area contributed by atoms with E-state index in [2.05, 4.69) is 13.0 Å². The smallest absolute Gasteiger partial charge is 0.241 e. The maximum Gasteiger partial charge on any atom is 0.241 e. The third-order valence-electron chi connectivity index (χ3n) is 3.62. The molecule has 0 radical (unpaired) electrons. The van der Waals surface area contributed by atoms with Crippen molar-refractivity contribution >= 4 is 17.5 Å². The minimum absolute atomic E-state index is 0.155. The molecular weight excluding hydrogens is 224 g/mol. The number of hydrogen-bond acceptors (Lipinski definition) is 2. The van der Waals surface area contributed by atoms with Crippen molar-refractivity contribution in [2.24, 2.45) is 5.92 Å². The van der Waals surface area contributed by atoms with Crippen LogP contribution >= 0.6 is 11.6 Å². The average Bonchev–Trinajstić information content (AvgIpc) is 2.28. The highest BCUT2D eigenvalue weighted by molar-refractivity contribution is 6.30. The molecule has 16 heavy (non-hydrogen) atoms. The van der Waals surface area contributed by atoms with Gasteiger partial charge in [-0.05, 0) is 38.5 Å². The third kappa shape index (κ3) is 2.49. The Morgan fingerprint density at radius 1 is 1.56 bits per heavy atom. The summed E-state index contributed by atoms with van der Waals surface area (Å²) in [5.41, 5.74) is -0.632. The van der Waals surface area contributed by atoms with Crippen LogP contribution < -0.4 is 0 Å². The van der Waals surface area contributed by atoms with E-state index in [-0.39, 0.29) is 5.91 Å². The molecule has 0 heterocycles. The molecule has 0 aromatic carbocycles. The summed E-state index contributed by atoms with van der Waals surface area (Å²) in [6, 6.07) is 2.32. The summed E-state index contributed by atoms with van der Waals surface area (Å²) in [5.74, 6) is 0.496. The Labute approximate surface area is 102 Å². The van der Waals surface area contributed by atoms with Crippen LogP contribution in [0.1, 0.15) is 39.5 Å². The number of nitrogens with zero attached hydrogens (tertiary/aromatic N) is 2. The van der Waals surface area contributed by atoms with E-state index in [0.717, 1.165) is 25.7 Å². The summed E-state index contributed by atoms with van der Waals surface area (Å²) in [6.45, 7) is 3.84. The number of halogens is 1. The number of nitriles is 1. The third-order valence-corrected chi connectivity index (χ3v) is 3.81. The first-order valence-electron chi connectivity index (χ1n) is 5.76. The van der Waals surface area contributed by atoms with E-state index in [0.29, 0.717) is 5.92 Å². The van der Waals surface area contributed by atoms with Crippen LogP contribution in [0.25, 0.3) is 0 Å². The minimum Gasteiger partial charge on any atom is -0.326 e. The molecule has 0 aliphatic heterocycles. The lowest BCUT2D eigenvalue weighted by Crippen LogP contribution is -2.52. The number of amides is 1. The van der Waals surface area contributed by atoms with E-state index in [1.54, 1.807) is 18.9 Å². The molecule has 0 bridgehead atoms. The maximum atomic E-state index is 11.8. The minimum atomic E-state index is -0.632. The first-order chi connectivity index (χ1) is 7.43. The van der Waals surface area contributed by atoms with Crippen LogP contribution in [-0.4, -0.2) is 28.8 Å². The molecule has 0 spiro atoms. The number of rotatable bonds is 2. The summed E-state index contributed by atoms with van der Waals surface area (Å²) in [5, 5.41) is 8.78. The summed E-state index contributed by atoms with van der Waals surface area (Å²) in [4.78, 5) is 13.4. The Hall–Kier alpha value is -0.750. The van der Waals surface area contributed by atoms with Crippen LogP contribution in [-0.2, 0) is 4.79 Å². The second kappa shape index (κ2) is 5.05. The van der Waals surface area contributed by atoms with E-state index in [1.165, 1.54) is 0 Å². The summed E-state index contributed by atoms with van der Waals surface area (Å²) < 4.78 is 0. The van der Waals surface area contributed by atoms with Crippen molar-refractivity contribution in [3.05, 3.63) is 0 Å². The topological polar surface area (TPSA) is 44.1 Å². The van der Waals surface area contributed by atoms with Crippen molar-refractivity contribution in [2.45, 2.75) is 50.4 Å². The molecule has 1 saturated carbocycles. The van der Waals surface area contributed by atoms with Crippen molar-refractivity contribution in [1.82, 2.24) is 4.90 Å². The van der Waals surface area contributed by atoms with Gasteiger partial charge in [-0.2, -0.15) is 5.26 Å². The van der Waals surface area contributed by atoms with Crippen LogP contribution in [0.2, 0.25) is 0 Å². The SMILES string of the molecule is CC1CCC(C#N)(N(C)C(=O)C(C)Cl)CC1. The molecule has 1 aliphatic carbocycles. The average molecular weight is 243 g/mol. The largest absolute Gasteiger partial charge is 0.326 e. The van der Waals surface area contributed by atoms with Gasteiger partial charge in [0.2, 0.25) is 5.91 Å². The number of carbonyl (C=O) groups excluding carboxylic acids is 1. The quantitative estimate of drug-likeness (QED) is 0.699. The highest BCUT2D eigenvalue weighted by Gasteiger charge is 2.41. The van der Waals surface area contributed by atoms with E-state index in [1.807, 2.05) is 0 Å². The van der Waals surface area contributed by atoms with Gasteiger partial charge in [-0.15, -0.1) is 11.6 Å². The Morgan fingerprint density at radius 2 is 2.06 bits per heavy atom. The first kappa shape index (κ1) is 13.3. The normalized spacial score (nSPS) is 31.6. The number of hydrogen-bond donors (Lipinski definition) is 0. The van der Waals surface area contributed by atoms with Crippen LogP contribution in [0.3, 0.4) is 0 Å². The van der Waals surface area contributed by atoms with Crippen molar-refractivity contribution in [3.8, 4) is 6.07 Å². The summed E-state index contributed by atoms with van der Waals surface area (Å²) in [7, 11) is 1.69. The van der Waals surface area contributed by atoms with Gasteiger partial charge in [0.15, 0.2) is 0 Å². The maximum absolute atomic E-state index is 11.8. The fraction of sp³-hybridized carbons (Fsp3) is 0.833. The zero-order valence-corrected chi connectivity index (χ0v) is 10.9. The monoisotopic (exact) mass is 242 g/mol. The zero-order valence-electron chi connectivity index (χ0n) is 10.2. The highest BCUT2D eigenvalue weighted by Crippen LogP contribution is 2.35. The molecule has 1 fully saturated rings. The molecule has 1 atom stereocenters. The Balaban J connectivity index is 2.82. The van der Waals surface area contributed by atoms with E-state index in [4.69, 9.17) is 11.6 Å². The molecule has 0 aromatic rings. The molecule has 1 rings (SSSR count). The van der Waals surface area contributed by atoms with Crippen LogP contribution in [0.5, 0.6) is 0 Å². The van der Waals surface area contributed by atoms with Gasteiger partial charge in [-0.3, -0.25) is 4.79 Å². The van der Waals surface area contributed by atoms with Gasteiger partial charge in [0.1, 0.15) is 10.9 Å². The fourth-order valence-electron chi connectivity index (χ4n) is 2.24. The van der Waals surface area contributed by atoms with Crippen molar-refractivity contribution in [3.63, 3.8) is 0 Å². The van der Waals surface area contributed by atoms with E-state index in [9.17, 15) is 10.1 Å². The zero-order chi connectivity index (χ0) is 12.3. The Kier molecular flexibility index (Phi) is 4.21. The molecular formula is C12H19ClN2O. The van der Waals surface area contributed by atoms with E-state index < -0.39 is 10.9 Å². The molecule has 3 nitrogen and oxygen atoms in total. The lowest BCUT2D eigenvalue weighted by atomic mass is 9.77. The second-order valence-electron chi connectivity index (χ2n) is 4.84. The van der Waals surface area contributed by atoms with Gasteiger partial charge in [0.25, 0.3) is 0 Å². The predicted octanol–water partition coefficient (Wildman–Crippen LogP) is 2.54. The predicted molar refractivity (Wildman–Crippen MR) is 64.1 cm³/mol. The van der Waals surface area contributed by atoms with Crippen molar-refractivity contribution in [2.75, 3.05) is 7.05 Å². The lowest BCUT2D eigenvalue weighted by Gasteiger charge is -2.41. The fourth-order valence-corrected chi connectivity index (χ4v) is 2.39. The molecule has 0 saturated heterocycles. The van der Waals surface area contributed by atoms with Crippen LogP contribution in [0.4, 0.5) is 0 Å². The molecule has 1 aliphatic rings. The van der Waals surface area contributed by atoms with Gasteiger partial charge < -0.3 is 4.90 Å². The summed E-state index contributed by atoms with van der Waals surface area (Å²) in [6.07, 6.45) is 3.52. The summed E-state index contributed by atoms with van der Waals surface area (Å²) >= 11 is 5.79. The molecule has 0 N–H and O–H groups in total. The van der Waals surface area contributed by atoms with Crippen LogP contribution in [0, 0.1) is 17.2 Å². The molecule has 4 heteroatoms.